The summed E-state index contributed by atoms with van der Waals surface area (Å²) in [5.74, 6) is 0.184. The highest BCUT2D eigenvalue weighted by atomic mass is 35.5. The summed E-state index contributed by atoms with van der Waals surface area (Å²) in [5.41, 5.74) is 1.68. The highest BCUT2D eigenvalue weighted by Gasteiger charge is 2.17. The molecular formula is C21H17Cl2NO3. The topological polar surface area (TPSA) is 58.6 Å². The Kier molecular flexibility index (Phi) is 6.35. The first-order valence-electron chi connectivity index (χ1n) is 8.23. The van der Waals surface area contributed by atoms with Crippen molar-refractivity contribution in [1.29, 1.82) is 0 Å². The average molecular weight is 402 g/mol. The van der Waals surface area contributed by atoms with E-state index in [1.165, 1.54) is 0 Å². The molecule has 138 valence electrons. The molecule has 0 aliphatic rings. The van der Waals surface area contributed by atoms with Crippen LogP contribution in [0.25, 0.3) is 0 Å². The number of rotatable bonds is 6. The van der Waals surface area contributed by atoms with Gasteiger partial charge < -0.3 is 15.2 Å². The molecule has 0 bridgehead atoms. The number of halogens is 2. The normalized spacial score (nSPS) is 11.7. The lowest BCUT2D eigenvalue weighted by atomic mass is 10.00. The van der Waals surface area contributed by atoms with Crippen molar-refractivity contribution in [2.75, 3.05) is 11.9 Å². The molecule has 1 amide bonds. The largest absolute Gasteiger partial charge is 0.484 e. The molecule has 27 heavy (non-hydrogen) atoms. The zero-order valence-electron chi connectivity index (χ0n) is 14.2. The van der Waals surface area contributed by atoms with Crippen LogP contribution in [-0.2, 0) is 4.79 Å². The second-order valence-electron chi connectivity index (χ2n) is 5.84. The maximum atomic E-state index is 12.3. The van der Waals surface area contributed by atoms with E-state index in [1.54, 1.807) is 54.6 Å². The lowest BCUT2D eigenvalue weighted by Crippen LogP contribution is -2.21. The Morgan fingerprint density at radius 3 is 2.33 bits per heavy atom. The zero-order valence-corrected chi connectivity index (χ0v) is 15.7. The Morgan fingerprint density at radius 2 is 1.63 bits per heavy atom. The summed E-state index contributed by atoms with van der Waals surface area (Å²) in [5, 5.41) is 14.5. The maximum absolute atomic E-state index is 12.3. The number of anilines is 1. The fourth-order valence-electron chi connectivity index (χ4n) is 2.55. The third-order valence-corrected chi connectivity index (χ3v) is 4.37. The van der Waals surface area contributed by atoms with Gasteiger partial charge in [0.05, 0.1) is 0 Å². The Bertz CT molecular complexity index is 914. The van der Waals surface area contributed by atoms with E-state index in [-0.39, 0.29) is 12.5 Å². The second kappa shape index (κ2) is 8.91. The number of aliphatic hydroxyl groups is 1. The van der Waals surface area contributed by atoms with Gasteiger partial charge in [0.25, 0.3) is 5.91 Å². The van der Waals surface area contributed by atoms with E-state index in [0.717, 1.165) is 0 Å². The molecule has 1 unspecified atom stereocenters. The number of hydrogen-bond acceptors (Lipinski definition) is 3. The van der Waals surface area contributed by atoms with Crippen LogP contribution in [0.5, 0.6) is 5.75 Å². The number of carbonyl (C=O) groups excluding carboxylic acids is 1. The van der Waals surface area contributed by atoms with E-state index >= 15 is 0 Å². The minimum atomic E-state index is -0.919. The van der Waals surface area contributed by atoms with Crippen LogP contribution in [-0.4, -0.2) is 17.6 Å². The van der Waals surface area contributed by atoms with Gasteiger partial charge in [0.1, 0.15) is 11.9 Å². The van der Waals surface area contributed by atoms with Crippen LogP contribution in [0.4, 0.5) is 5.69 Å². The predicted molar refractivity (Wildman–Crippen MR) is 108 cm³/mol. The summed E-state index contributed by atoms with van der Waals surface area (Å²) in [4.78, 5) is 12.3. The van der Waals surface area contributed by atoms with Crippen molar-refractivity contribution in [2.24, 2.45) is 0 Å². The zero-order chi connectivity index (χ0) is 19.2. The van der Waals surface area contributed by atoms with Crippen molar-refractivity contribution in [2.45, 2.75) is 6.10 Å². The number of amides is 1. The molecule has 3 aromatic carbocycles. The van der Waals surface area contributed by atoms with E-state index in [2.05, 4.69) is 5.32 Å². The van der Waals surface area contributed by atoms with Gasteiger partial charge in [0.2, 0.25) is 0 Å². The number of aliphatic hydroxyl groups excluding tert-OH is 1. The number of nitrogens with one attached hydrogen (secondary N) is 1. The molecule has 0 spiro atoms. The van der Waals surface area contributed by atoms with Crippen molar-refractivity contribution in [3.63, 3.8) is 0 Å². The molecule has 0 aromatic heterocycles. The molecule has 4 nitrogen and oxygen atoms in total. The molecule has 0 fully saturated rings. The summed E-state index contributed by atoms with van der Waals surface area (Å²) < 4.78 is 5.44. The van der Waals surface area contributed by atoms with Crippen LogP contribution in [0.3, 0.4) is 0 Å². The predicted octanol–water partition coefficient (Wildman–Crippen LogP) is 5.09. The Hall–Kier alpha value is -2.53. The van der Waals surface area contributed by atoms with E-state index in [9.17, 15) is 9.90 Å². The molecule has 2 N–H and O–H groups in total. The van der Waals surface area contributed by atoms with Gasteiger partial charge in [0.15, 0.2) is 6.61 Å². The van der Waals surface area contributed by atoms with E-state index in [1.807, 2.05) is 18.2 Å². The van der Waals surface area contributed by atoms with Gasteiger partial charge in [0, 0.05) is 21.3 Å². The lowest BCUT2D eigenvalue weighted by Gasteiger charge is -2.17. The van der Waals surface area contributed by atoms with Gasteiger partial charge in [-0.1, -0.05) is 53.5 Å². The molecule has 0 aliphatic heterocycles. The van der Waals surface area contributed by atoms with Crippen molar-refractivity contribution in [1.82, 2.24) is 0 Å². The van der Waals surface area contributed by atoms with E-state index in [0.29, 0.717) is 32.6 Å². The third-order valence-electron chi connectivity index (χ3n) is 3.88. The SMILES string of the molecule is O=C(COc1ccc(Cl)cc1)Nc1ccc(Cl)cc1C(O)c1ccccc1. The first kappa shape index (κ1) is 19.2. The lowest BCUT2D eigenvalue weighted by molar-refractivity contribution is -0.118. The number of ether oxygens (including phenoxy) is 1. The summed E-state index contributed by atoms with van der Waals surface area (Å²) >= 11 is 11.9. The van der Waals surface area contributed by atoms with Gasteiger partial charge in [-0.25, -0.2) is 0 Å². The van der Waals surface area contributed by atoms with Crippen molar-refractivity contribution < 1.29 is 14.6 Å². The molecular weight excluding hydrogens is 385 g/mol. The smallest absolute Gasteiger partial charge is 0.262 e. The summed E-state index contributed by atoms with van der Waals surface area (Å²) in [6.07, 6.45) is -0.919. The van der Waals surface area contributed by atoms with E-state index in [4.69, 9.17) is 27.9 Å². The maximum Gasteiger partial charge on any atom is 0.262 e. The molecule has 1 atom stereocenters. The number of benzene rings is 3. The number of carbonyl (C=O) groups is 1. The van der Waals surface area contributed by atoms with Crippen LogP contribution in [0, 0.1) is 0 Å². The Labute approximate surface area is 167 Å². The van der Waals surface area contributed by atoms with Crippen molar-refractivity contribution >= 4 is 34.8 Å². The molecule has 3 rings (SSSR count). The van der Waals surface area contributed by atoms with Crippen LogP contribution in [0.2, 0.25) is 10.0 Å². The van der Waals surface area contributed by atoms with Crippen LogP contribution in [0.1, 0.15) is 17.2 Å². The molecule has 0 saturated carbocycles. The number of hydrogen-bond donors (Lipinski definition) is 2. The summed E-state index contributed by atoms with van der Waals surface area (Å²) in [6, 6.07) is 20.8. The molecule has 0 saturated heterocycles. The minimum Gasteiger partial charge on any atom is -0.484 e. The van der Waals surface area contributed by atoms with Gasteiger partial charge in [-0.05, 0) is 48.0 Å². The Morgan fingerprint density at radius 1 is 0.963 bits per heavy atom. The van der Waals surface area contributed by atoms with Gasteiger partial charge in [-0.2, -0.15) is 0 Å². The molecule has 0 aliphatic carbocycles. The average Bonchev–Trinajstić information content (AvgIpc) is 2.69. The summed E-state index contributed by atoms with van der Waals surface area (Å²) in [6.45, 7) is -0.175. The van der Waals surface area contributed by atoms with Gasteiger partial charge in [-0.15, -0.1) is 0 Å². The molecule has 0 radical (unpaired) electrons. The Balaban J connectivity index is 1.72. The fourth-order valence-corrected chi connectivity index (χ4v) is 2.86. The first-order chi connectivity index (χ1) is 13.0. The van der Waals surface area contributed by atoms with Gasteiger partial charge >= 0.3 is 0 Å². The van der Waals surface area contributed by atoms with Crippen LogP contribution in [0.15, 0.2) is 72.8 Å². The van der Waals surface area contributed by atoms with Crippen molar-refractivity contribution in [3.05, 3.63) is 94.0 Å². The molecule has 6 heteroatoms. The highest BCUT2D eigenvalue weighted by molar-refractivity contribution is 6.31. The highest BCUT2D eigenvalue weighted by Crippen LogP contribution is 2.30. The quantitative estimate of drug-likeness (QED) is 0.604. The molecule has 0 heterocycles. The van der Waals surface area contributed by atoms with Crippen molar-refractivity contribution in [3.8, 4) is 5.75 Å². The third kappa shape index (κ3) is 5.23. The monoisotopic (exact) mass is 401 g/mol. The fraction of sp³-hybridized carbons (Fsp3) is 0.0952. The van der Waals surface area contributed by atoms with E-state index < -0.39 is 6.10 Å². The standard InChI is InChI=1S/C21H17Cl2NO3/c22-15-6-9-17(10-7-15)27-13-20(25)24-19-11-8-16(23)12-18(19)21(26)14-4-2-1-3-5-14/h1-12,21,26H,13H2,(H,24,25). The summed E-state index contributed by atoms with van der Waals surface area (Å²) in [7, 11) is 0. The first-order valence-corrected chi connectivity index (χ1v) is 8.99. The minimum absolute atomic E-state index is 0.175. The second-order valence-corrected chi connectivity index (χ2v) is 6.71. The van der Waals surface area contributed by atoms with Gasteiger partial charge in [-0.3, -0.25) is 4.79 Å². The molecule has 3 aromatic rings. The van der Waals surface area contributed by atoms with Crippen LogP contribution >= 0.6 is 23.2 Å². The van der Waals surface area contributed by atoms with Crippen LogP contribution < -0.4 is 10.1 Å².